The number of carbonyl (C=O) groups excluding carboxylic acids is 1. The highest BCUT2D eigenvalue weighted by molar-refractivity contribution is 5.85. The number of nitrogens with zero attached hydrogens (tertiary/aromatic N) is 3. The maximum Gasteiger partial charge on any atom is 0.250 e. The predicted molar refractivity (Wildman–Crippen MR) is 116 cm³/mol. The Balaban J connectivity index is 0.00000240. The Labute approximate surface area is 179 Å². The Hall–Kier alpha value is -2.05. The van der Waals surface area contributed by atoms with Crippen LogP contribution in [0.15, 0.2) is 36.7 Å². The van der Waals surface area contributed by atoms with Crippen LogP contribution >= 0.6 is 12.4 Å². The molecule has 29 heavy (non-hydrogen) atoms. The third kappa shape index (κ3) is 4.43. The molecular weight excluding hydrogens is 388 g/mol. The van der Waals surface area contributed by atoms with Crippen LogP contribution in [0, 0.1) is 13.8 Å². The molecule has 6 nitrogen and oxygen atoms in total. The van der Waals surface area contributed by atoms with Crippen molar-refractivity contribution in [2.24, 2.45) is 0 Å². The van der Waals surface area contributed by atoms with Crippen LogP contribution in [-0.4, -0.2) is 52.9 Å². The standard InChI is InChI=1S/C22H30N4O2.ClH/c1-17-4-5-20(16-18(17)2)28-19-6-14-25(15-7-19)21(27)22(8-11-23-12-9-22)26-13-3-10-24-26;/h3-5,10,13,16,19,23H,6-9,11-12,14-15H2,1-2H3;1H. The second-order valence-corrected chi connectivity index (χ2v) is 8.09. The quantitative estimate of drug-likeness (QED) is 0.828. The summed E-state index contributed by atoms with van der Waals surface area (Å²) < 4.78 is 8.08. The molecule has 2 aliphatic heterocycles. The summed E-state index contributed by atoms with van der Waals surface area (Å²) in [6.07, 6.45) is 7.16. The second-order valence-electron chi connectivity index (χ2n) is 8.09. The van der Waals surface area contributed by atoms with E-state index < -0.39 is 5.54 Å². The largest absolute Gasteiger partial charge is 0.490 e. The summed E-state index contributed by atoms with van der Waals surface area (Å²) >= 11 is 0. The number of aryl methyl sites for hydroxylation is 2. The smallest absolute Gasteiger partial charge is 0.250 e. The number of likely N-dealkylation sites (tertiary alicyclic amines) is 1. The minimum Gasteiger partial charge on any atom is -0.490 e. The van der Waals surface area contributed by atoms with Crippen LogP contribution in [-0.2, 0) is 10.3 Å². The SMILES string of the molecule is Cc1ccc(OC2CCN(C(=O)C3(n4cccn4)CCNCC3)CC2)cc1C.Cl. The molecule has 1 aromatic heterocycles. The average molecular weight is 419 g/mol. The van der Waals surface area contributed by atoms with Crippen molar-refractivity contribution in [2.45, 2.75) is 51.2 Å². The van der Waals surface area contributed by atoms with Crippen molar-refractivity contribution in [3.05, 3.63) is 47.8 Å². The van der Waals surface area contributed by atoms with E-state index in [0.717, 1.165) is 57.6 Å². The fraction of sp³-hybridized carbons (Fsp3) is 0.545. The van der Waals surface area contributed by atoms with Gasteiger partial charge in [-0.05, 0) is 69.1 Å². The van der Waals surface area contributed by atoms with Crippen molar-refractivity contribution in [1.29, 1.82) is 0 Å². The van der Waals surface area contributed by atoms with Crippen molar-refractivity contribution < 1.29 is 9.53 Å². The zero-order valence-electron chi connectivity index (χ0n) is 17.3. The molecule has 7 heteroatoms. The van der Waals surface area contributed by atoms with Gasteiger partial charge in [-0.25, -0.2) is 0 Å². The highest BCUT2D eigenvalue weighted by Crippen LogP contribution is 2.31. The summed E-state index contributed by atoms with van der Waals surface area (Å²) in [5, 5.41) is 7.80. The van der Waals surface area contributed by atoms with Crippen LogP contribution in [0.1, 0.15) is 36.8 Å². The van der Waals surface area contributed by atoms with Gasteiger partial charge in [0.05, 0.1) is 0 Å². The minimum atomic E-state index is -0.545. The molecule has 0 aliphatic carbocycles. The van der Waals surface area contributed by atoms with Crippen LogP contribution < -0.4 is 10.1 Å². The number of hydrogen-bond acceptors (Lipinski definition) is 4. The Bertz CT molecular complexity index is 810. The van der Waals surface area contributed by atoms with Crippen molar-refractivity contribution in [1.82, 2.24) is 20.0 Å². The molecule has 1 N–H and O–H groups in total. The van der Waals surface area contributed by atoms with Crippen molar-refractivity contribution in [3.8, 4) is 5.75 Å². The highest BCUT2D eigenvalue weighted by atomic mass is 35.5. The molecule has 2 aliphatic rings. The highest BCUT2D eigenvalue weighted by Gasteiger charge is 2.45. The monoisotopic (exact) mass is 418 g/mol. The molecule has 0 bridgehead atoms. The number of rotatable bonds is 4. The number of ether oxygens (including phenoxy) is 1. The van der Waals surface area contributed by atoms with Crippen molar-refractivity contribution in [2.75, 3.05) is 26.2 Å². The van der Waals surface area contributed by atoms with Crippen LogP contribution in [0.25, 0.3) is 0 Å². The van der Waals surface area contributed by atoms with Gasteiger partial charge >= 0.3 is 0 Å². The van der Waals surface area contributed by atoms with Gasteiger partial charge in [0.25, 0.3) is 5.91 Å². The predicted octanol–water partition coefficient (Wildman–Crippen LogP) is 3.07. The van der Waals surface area contributed by atoms with Crippen LogP contribution in [0.4, 0.5) is 0 Å². The summed E-state index contributed by atoms with van der Waals surface area (Å²) in [6, 6.07) is 8.16. The zero-order valence-corrected chi connectivity index (χ0v) is 18.1. The van der Waals surface area contributed by atoms with E-state index in [0.29, 0.717) is 0 Å². The molecule has 1 aromatic carbocycles. The van der Waals surface area contributed by atoms with E-state index in [2.05, 4.69) is 36.4 Å². The van der Waals surface area contributed by atoms with E-state index >= 15 is 0 Å². The molecule has 3 heterocycles. The van der Waals surface area contributed by atoms with E-state index in [1.807, 2.05) is 27.9 Å². The molecule has 0 saturated carbocycles. The lowest BCUT2D eigenvalue weighted by molar-refractivity contribution is -0.145. The zero-order chi connectivity index (χ0) is 19.6. The van der Waals surface area contributed by atoms with Gasteiger partial charge in [-0.15, -0.1) is 12.4 Å². The Morgan fingerprint density at radius 3 is 2.52 bits per heavy atom. The molecular formula is C22H31ClN4O2. The normalized spacial score (nSPS) is 19.4. The molecule has 2 saturated heterocycles. The first kappa shape index (κ1) is 21.7. The molecule has 2 aromatic rings. The van der Waals surface area contributed by atoms with Gasteiger partial charge in [0.1, 0.15) is 17.4 Å². The number of benzene rings is 1. The number of aromatic nitrogens is 2. The molecule has 0 unspecified atom stereocenters. The molecule has 1 amide bonds. The summed E-state index contributed by atoms with van der Waals surface area (Å²) in [5.41, 5.74) is 1.98. The van der Waals surface area contributed by atoms with Gasteiger partial charge in [0, 0.05) is 38.3 Å². The molecule has 4 rings (SSSR count). The van der Waals surface area contributed by atoms with Crippen molar-refractivity contribution >= 4 is 18.3 Å². The molecule has 2 fully saturated rings. The number of amides is 1. The summed E-state index contributed by atoms with van der Waals surface area (Å²) in [6.45, 7) is 7.39. The Morgan fingerprint density at radius 1 is 1.17 bits per heavy atom. The Kier molecular flexibility index (Phi) is 6.85. The topological polar surface area (TPSA) is 59.4 Å². The van der Waals surface area contributed by atoms with Crippen LogP contribution in [0.2, 0.25) is 0 Å². The average Bonchev–Trinajstić information content (AvgIpc) is 3.27. The Morgan fingerprint density at radius 2 is 1.90 bits per heavy atom. The van der Waals surface area contributed by atoms with E-state index in [-0.39, 0.29) is 24.4 Å². The van der Waals surface area contributed by atoms with Gasteiger partial charge < -0.3 is 15.0 Å². The fourth-order valence-corrected chi connectivity index (χ4v) is 4.35. The number of hydrogen-bond donors (Lipinski definition) is 1. The molecule has 0 radical (unpaired) electrons. The summed E-state index contributed by atoms with van der Waals surface area (Å²) in [4.78, 5) is 15.5. The van der Waals surface area contributed by atoms with Gasteiger partial charge in [0.15, 0.2) is 0 Å². The maximum atomic E-state index is 13.5. The first-order chi connectivity index (χ1) is 13.6. The number of piperidine rings is 2. The van der Waals surface area contributed by atoms with Gasteiger partial charge in [-0.1, -0.05) is 6.07 Å². The molecule has 0 atom stereocenters. The number of carbonyl (C=O) groups is 1. The van der Waals surface area contributed by atoms with E-state index in [9.17, 15) is 4.79 Å². The minimum absolute atomic E-state index is 0. The van der Waals surface area contributed by atoms with Crippen LogP contribution in [0.3, 0.4) is 0 Å². The summed E-state index contributed by atoms with van der Waals surface area (Å²) in [7, 11) is 0. The third-order valence-corrected chi connectivity index (χ3v) is 6.28. The molecule has 158 valence electrons. The second kappa shape index (κ2) is 9.18. The lowest BCUT2D eigenvalue weighted by Gasteiger charge is -2.42. The third-order valence-electron chi connectivity index (χ3n) is 6.28. The first-order valence-corrected chi connectivity index (χ1v) is 10.3. The maximum absolute atomic E-state index is 13.5. The lowest BCUT2D eigenvalue weighted by atomic mass is 9.86. The van der Waals surface area contributed by atoms with Gasteiger partial charge in [0.2, 0.25) is 0 Å². The van der Waals surface area contributed by atoms with Gasteiger partial charge in [-0.3, -0.25) is 9.48 Å². The van der Waals surface area contributed by atoms with Crippen LogP contribution in [0.5, 0.6) is 5.75 Å². The lowest BCUT2D eigenvalue weighted by Crippen LogP contribution is -2.57. The van der Waals surface area contributed by atoms with E-state index in [4.69, 9.17) is 4.74 Å². The summed E-state index contributed by atoms with van der Waals surface area (Å²) in [5.74, 6) is 1.14. The fourth-order valence-electron chi connectivity index (χ4n) is 4.35. The number of nitrogens with one attached hydrogen (secondary N) is 1. The van der Waals surface area contributed by atoms with E-state index in [1.165, 1.54) is 11.1 Å². The first-order valence-electron chi connectivity index (χ1n) is 10.3. The van der Waals surface area contributed by atoms with E-state index in [1.54, 1.807) is 6.20 Å². The number of halogens is 1. The molecule has 0 spiro atoms. The van der Waals surface area contributed by atoms with Crippen molar-refractivity contribution in [3.63, 3.8) is 0 Å². The van der Waals surface area contributed by atoms with Gasteiger partial charge in [-0.2, -0.15) is 5.10 Å².